The van der Waals surface area contributed by atoms with Crippen LogP contribution < -0.4 is 10.1 Å². The Kier molecular flexibility index (Phi) is 6.02. The molecule has 0 radical (unpaired) electrons. The number of terminal acetylenes is 1. The maximum atomic E-state index is 12.3. The van der Waals surface area contributed by atoms with Gasteiger partial charge in [0.1, 0.15) is 24.0 Å². The first-order chi connectivity index (χ1) is 11.6. The van der Waals surface area contributed by atoms with Crippen molar-refractivity contribution < 1.29 is 9.53 Å². The van der Waals surface area contributed by atoms with Crippen molar-refractivity contribution in [3.63, 3.8) is 0 Å². The van der Waals surface area contributed by atoms with Gasteiger partial charge in [0.05, 0.1) is 0 Å². The van der Waals surface area contributed by atoms with Crippen molar-refractivity contribution in [2.24, 2.45) is 0 Å². The highest BCUT2D eigenvalue weighted by atomic mass is 35.5. The van der Waals surface area contributed by atoms with Crippen LogP contribution in [0.5, 0.6) is 5.75 Å². The summed E-state index contributed by atoms with van der Waals surface area (Å²) >= 11 is 5.88. The number of hydrogen-bond acceptors (Lipinski definition) is 3. The van der Waals surface area contributed by atoms with E-state index in [-0.39, 0.29) is 12.2 Å². The number of carbonyl (C=O) groups excluding carboxylic acids is 1. The number of nitrogens with zero attached hydrogens (tertiary/aromatic N) is 1. The molecule has 0 heterocycles. The lowest BCUT2D eigenvalue weighted by molar-refractivity contribution is -0.112. The third-order valence-electron chi connectivity index (χ3n) is 2.98. The van der Waals surface area contributed by atoms with E-state index in [9.17, 15) is 10.1 Å². The van der Waals surface area contributed by atoms with Crippen molar-refractivity contribution in [3.05, 3.63) is 64.7 Å². The molecule has 0 aliphatic rings. The lowest BCUT2D eigenvalue weighted by atomic mass is 10.1. The number of para-hydroxylation sites is 1. The number of ether oxygens (including phenoxy) is 1. The minimum absolute atomic E-state index is 0.0632. The van der Waals surface area contributed by atoms with E-state index in [4.69, 9.17) is 22.8 Å². The molecule has 0 aliphatic carbocycles. The van der Waals surface area contributed by atoms with Gasteiger partial charge in [0.25, 0.3) is 5.91 Å². The van der Waals surface area contributed by atoms with E-state index in [1.165, 1.54) is 6.08 Å². The molecule has 0 saturated carbocycles. The molecular formula is C19H13ClN2O2. The van der Waals surface area contributed by atoms with Crippen LogP contribution in [0.15, 0.2) is 54.1 Å². The lowest BCUT2D eigenvalue weighted by Crippen LogP contribution is -2.13. The van der Waals surface area contributed by atoms with E-state index in [1.807, 2.05) is 6.07 Å². The summed E-state index contributed by atoms with van der Waals surface area (Å²) in [6.07, 6.45) is 6.63. The molecule has 2 rings (SSSR count). The molecule has 24 heavy (non-hydrogen) atoms. The molecule has 4 nitrogen and oxygen atoms in total. The van der Waals surface area contributed by atoms with Gasteiger partial charge in [-0.2, -0.15) is 5.26 Å². The number of nitriles is 1. The summed E-state index contributed by atoms with van der Waals surface area (Å²) in [6.45, 7) is 0.0987. The van der Waals surface area contributed by atoms with Crippen LogP contribution in [0.1, 0.15) is 5.56 Å². The highest BCUT2D eigenvalue weighted by molar-refractivity contribution is 6.31. The predicted molar refractivity (Wildman–Crippen MR) is 94.4 cm³/mol. The van der Waals surface area contributed by atoms with E-state index in [2.05, 4.69) is 11.2 Å². The third-order valence-corrected chi connectivity index (χ3v) is 3.21. The molecule has 118 valence electrons. The van der Waals surface area contributed by atoms with Gasteiger partial charge in [0.15, 0.2) is 0 Å². The highest BCUT2D eigenvalue weighted by Gasteiger charge is 2.11. The molecule has 1 N–H and O–H groups in total. The van der Waals surface area contributed by atoms with E-state index in [0.29, 0.717) is 22.0 Å². The lowest BCUT2D eigenvalue weighted by Gasteiger charge is -2.07. The number of benzene rings is 2. The van der Waals surface area contributed by atoms with Crippen LogP contribution in [0, 0.1) is 23.7 Å². The van der Waals surface area contributed by atoms with Crippen LogP contribution in [0.25, 0.3) is 6.08 Å². The number of amides is 1. The molecular weight excluding hydrogens is 324 g/mol. The Morgan fingerprint density at radius 2 is 2.08 bits per heavy atom. The van der Waals surface area contributed by atoms with Crippen molar-refractivity contribution in [2.45, 2.75) is 0 Å². The number of hydrogen-bond donors (Lipinski definition) is 1. The van der Waals surface area contributed by atoms with Gasteiger partial charge in [-0.25, -0.2) is 0 Å². The fraction of sp³-hybridized carbons (Fsp3) is 0.0526. The quantitative estimate of drug-likeness (QED) is 0.511. The Morgan fingerprint density at radius 3 is 2.79 bits per heavy atom. The van der Waals surface area contributed by atoms with Crippen molar-refractivity contribution in [3.8, 4) is 24.2 Å². The Balaban J connectivity index is 2.25. The molecule has 2 aromatic carbocycles. The molecule has 0 spiro atoms. The highest BCUT2D eigenvalue weighted by Crippen LogP contribution is 2.22. The summed E-state index contributed by atoms with van der Waals surface area (Å²) in [6, 6.07) is 15.6. The van der Waals surface area contributed by atoms with E-state index in [0.717, 1.165) is 0 Å². The van der Waals surface area contributed by atoms with Gasteiger partial charge < -0.3 is 10.1 Å². The second-order valence-corrected chi connectivity index (χ2v) is 5.10. The van der Waals surface area contributed by atoms with Crippen molar-refractivity contribution in [2.75, 3.05) is 11.9 Å². The fourth-order valence-corrected chi connectivity index (χ4v) is 2.11. The van der Waals surface area contributed by atoms with Crippen LogP contribution >= 0.6 is 11.6 Å². The number of halogens is 1. The summed E-state index contributed by atoms with van der Waals surface area (Å²) in [5.41, 5.74) is 1.03. The molecule has 0 bridgehead atoms. The van der Waals surface area contributed by atoms with Crippen molar-refractivity contribution in [1.82, 2.24) is 0 Å². The molecule has 0 saturated heterocycles. The number of carbonyl (C=O) groups is 1. The second kappa shape index (κ2) is 8.43. The minimum atomic E-state index is -0.536. The zero-order valence-corrected chi connectivity index (χ0v) is 13.4. The summed E-state index contributed by atoms with van der Waals surface area (Å²) in [5.74, 6) is 2.33. The summed E-state index contributed by atoms with van der Waals surface area (Å²) in [5, 5.41) is 12.4. The van der Waals surface area contributed by atoms with Crippen LogP contribution in [0.2, 0.25) is 5.02 Å². The van der Waals surface area contributed by atoms with Gasteiger partial charge >= 0.3 is 0 Å². The predicted octanol–water partition coefficient (Wildman–Crippen LogP) is 3.90. The maximum absolute atomic E-state index is 12.3. The topological polar surface area (TPSA) is 62.1 Å². The van der Waals surface area contributed by atoms with Gasteiger partial charge in [0.2, 0.25) is 0 Å². The SMILES string of the molecule is C#CCOc1ccccc1/C=C(\C#N)C(=O)Nc1cccc(Cl)c1. The van der Waals surface area contributed by atoms with Crippen LogP contribution in [-0.2, 0) is 4.79 Å². The molecule has 0 aliphatic heterocycles. The van der Waals surface area contributed by atoms with Gasteiger partial charge in [-0.05, 0) is 30.3 Å². The average Bonchev–Trinajstić information content (AvgIpc) is 2.58. The number of anilines is 1. The van der Waals surface area contributed by atoms with Crippen molar-refractivity contribution >= 4 is 29.3 Å². The normalized spacial score (nSPS) is 10.4. The van der Waals surface area contributed by atoms with E-state index < -0.39 is 5.91 Å². The Hall–Kier alpha value is -3.21. The minimum Gasteiger partial charge on any atom is -0.480 e. The van der Waals surface area contributed by atoms with Crippen molar-refractivity contribution in [1.29, 1.82) is 5.26 Å². The largest absolute Gasteiger partial charge is 0.480 e. The molecule has 0 fully saturated rings. The van der Waals surface area contributed by atoms with Gasteiger partial charge in [-0.1, -0.05) is 41.8 Å². The van der Waals surface area contributed by atoms with Crippen LogP contribution in [-0.4, -0.2) is 12.5 Å². The smallest absolute Gasteiger partial charge is 0.266 e. The maximum Gasteiger partial charge on any atom is 0.266 e. The molecule has 1 amide bonds. The molecule has 2 aromatic rings. The van der Waals surface area contributed by atoms with E-state index in [1.54, 1.807) is 48.5 Å². The Morgan fingerprint density at radius 1 is 1.29 bits per heavy atom. The average molecular weight is 337 g/mol. The van der Waals surface area contributed by atoms with Gasteiger partial charge in [0, 0.05) is 16.3 Å². The standard InChI is InChI=1S/C19H13ClN2O2/c1-2-10-24-18-9-4-3-6-14(18)11-15(13-21)19(23)22-17-8-5-7-16(20)12-17/h1,3-9,11-12H,10H2,(H,22,23)/b15-11+. The van der Waals surface area contributed by atoms with Gasteiger partial charge in [-0.15, -0.1) is 6.42 Å². The Labute approximate surface area is 145 Å². The molecule has 0 aromatic heterocycles. The number of rotatable bonds is 5. The first-order valence-corrected chi connectivity index (χ1v) is 7.36. The summed E-state index contributed by atoms with van der Waals surface area (Å²) in [4.78, 5) is 12.3. The van der Waals surface area contributed by atoms with E-state index >= 15 is 0 Å². The molecule has 0 atom stereocenters. The summed E-state index contributed by atoms with van der Waals surface area (Å²) in [7, 11) is 0. The summed E-state index contributed by atoms with van der Waals surface area (Å²) < 4.78 is 5.41. The monoisotopic (exact) mass is 336 g/mol. The molecule has 0 unspecified atom stereocenters. The third kappa shape index (κ3) is 4.64. The van der Waals surface area contributed by atoms with Crippen LogP contribution in [0.3, 0.4) is 0 Å². The second-order valence-electron chi connectivity index (χ2n) is 4.66. The zero-order chi connectivity index (χ0) is 17.4. The van der Waals surface area contributed by atoms with Crippen LogP contribution in [0.4, 0.5) is 5.69 Å². The first-order valence-electron chi connectivity index (χ1n) is 6.98. The zero-order valence-electron chi connectivity index (χ0n) is 12.6. The molecule has 5 heteroatoms. The first kappa shape index (κ1) is 17.1. The Bertz CT molecular complexity index is 860. The fourth-order valence-electron chi connectivity index (χ4n) is 1.92. The number of nitrogens with one attached hydrogen (secondary N) is 1. The van der Waals surface area contributed by atoms with Gasteiger partial charge in [-0.3, -0.25) is 4.79 Å².